The zero-order chi connectivity index (χ0) is 15.3. The molecule has 0 unspecified atom stereocenters. The molecule has 3 heteroatoms. The molecule has 0 bridgehead atoms. The van der Waals surface area contributed by atoms with Gasteiger partial charge in [0.25, 0.3) is 0 Å². The van der Waals surface area contributed by atoms with Gasteiger partial charge in [-0.15, -0.1) is 12.3 Å². The van der Waals surface area contributed by atoms with Crippen LogP contribution >= 0.6 is 0 Å². The first-order valence-corrected chi connectivity index (χ1v) is 7.66. The van der Waals surface area contributed by atoms with Gasteiger partial charge in [0.05, 0.1) is 13.0 Å². The van der Waals surface area contributed by atoms with E-state index in [0.29, 0.717) is 6.61 Å². The van der Waals surface area contributed by atoms with Crippen molar-refractivity contribution in [1.29, 1.82) is 0 Å². The van der Waals surface area contributed by atoms with Crippen molar-refractivity contribution >= 4 is 5.91 Å². The average molecular weight is 287 g/mol. The Morgan fingerprint density at radius 3 is 2.57 bits per heavy atom. The van der Waals surface area contributed by atoms with Crippen LogP contribution in [0.1, 0.15) is 50.5 Å². The van der Waals surface area contributed by atoms with Crippen LogP contribution in [-0.2, 0) is 11.2 Å². The van der Waals surface area contributed by atoms with E-state index in [2.05, 4.69) is 5.92 Å². The Morgan fingerprint density at radius 1 is 1.14 bits per heavy atom. The predicted octanol–water partition coefficient (Wildman–Crippen LogP) is 3.46. The molecule has 0 atom stereocenters. The van der Waals surface area contributed by atoms with Crippen LogP contribution in [0.4, 0.5) is 0 Å². The highest BCUT2D eigenvalue weighted by atomic mass is 16.5. The largest absolute Gasteiger partial charge is 0.494 e. The molecule has 1 aromatic carbocycles. The lowest BCUT2D eigenvalue weighted by molar-refractivity contribution is -0.117. The number of carbonyl (C=O) groups excluding carboxylic acids is 1. The zero-order valence-electron chi connectivity index (χ0n) is 12.6. The maximum absolute atomic E-state index is 10.9. The van der Waals surface area contributed by atoms with Crippen molar-refractivity contribution in [2.24, 2.45) is 5.73 Å². The van der Waals surface area contributed by atoms with E-state index in [-0.39, 0.29) is 12.3 Å². The summed E-state index contributed by atoms with van der Waals surface area (Å²) in [5.74, 6) is 3.15. The summed E-state index contributed by atoms with van der Waals surface area (Å²) in [6, 6.07) is 7.56. The van der Waals surface area contributed by atoms with Gasteiger partial charge in [0.15, 0.2) is 0 Å². The Hall–Kier alpha value is -1.95. The molecule has 0 radical (unpaired) electrons. The minimum atomic E-state index is -0.322. The van der Waals surface area contributed by atoms with E-state index in [9.17, 15) is 4.79 Å². The number of terminal acetylenes is 1. The second-order valence-electron chi connectivity index (χ2n) is 5.21. The number of rotatable bonds is 11. The molecule has 0 spiro atoms. The summed E-state index contributed by atoms with van der Waals surface area (Å²) >= 11 is 0. The van der Waals surface area contributed by atoms with Crippen molar-refractivity contribution in [3.8, 4) is 18.1 Å². The highest BCUT2D eigenvalue weighted by molar-refractivity contribution is 5.76. The van der Waals surface area contributed by atoms with Gasteiger partial charge in [0.2, 0.25) is 5.91 Å². The van der Waals surface area contributed by atoms with Crippen molar-refractivity contribution in [2.45, 2.75) is 51.4 Å². The Bertz CT molecular complexity index is 463. The van der Waals surface area contributed by atoms with E-state index in [0.717, 1.165) is 30.6 Å². The molecule has 0 aliphatic rings. The summed E-state index contributed by atoms with van der Waals surface area (Å²) in [4.78, 5) is 10.9. The molecule has 0 saturated carbocycles. The van der Waals surface area contributed by atoms with Crippen molar-refractivity contribution in [3.63, 3.8) is 0 Å². The van der Waals surface area contributed by atoms with Crippen LogP contribution in [0.3, 0.4) is 0 Å². The van der Waals surface area contributed by atoms with Gasteiger partial charge < -0.3 is 10.5 Å². The molecule has 0 saturated heterocycles. The molecule has 2 N–H and O–H groups in total. The molecule has 0 aliphatic heterocycles. The lowest BCUT2D eigenvalue weighted by Gasteiger charge is -2.07. The quantitative estimate of drug-likeness (QED) is 0.500. The number of nitrogens with two attached hydrogens (primary N) is 1. The van der Waals surface area contributed by atoms with Crippen LogP contribution in [0, 0.1) is 12.3 Å². The van der Waals surface area contributed by atoms with Crippen molar-refractivity contribution in [2.75, 3.05) is 6.61 Å². The van der Waals surface area contributed by atoms with E-state index in [4.69, 9.17) is 16.9 Å². The lowest BCUT2D eigenvalue weighted by Crippen LogP contribution is -2.13. The minimum absolute atomic E-state index is 0.259. The number of amides is 1. The third kappa shape index (κ3) is 8.75. The van der Waals surface area contributed by atoms with Crippen LogP contribution in [0.15, 0.2) is 24.3 Å². The summed E-state index contributed by atoms with van der Waals surface area (Å²) < 4.78 is 5.69. The second kappa shape index (κ2) is 10.8. The SMILES string of the molecule is C#CCCCCCCCCOc1cccc(CC(N)=O)c1. The number of hydrogen-bond acceptors (Lipinski definition) is 2. The van der Waals surface area contributed by atoms with E-state index in [1.54, 1.807) is 0 Å². The molecule has 0 heterocycles. The third-order valence-electron chi connectivity index (χ3n) is 3.26. The van der Waals surface area contributed by atoms with E-state index < -0.39 is 0 Å². The summed E-state index contributed by atoms with van der Waals surface area (Å²) in [7, 11) is 0. The topological polar surface area (TPSA) is 52.3 Å². The Morgan fingerprint density at radius 2 is 1.86 bits per heavy atom. The van der Waals surface area contributed by atoms with Gasteiger partial charge in [0, 0.05) is 6.42 Å². The number of carbonyl (C=O) groups is 1. The molecule has 114 valence electrons. The van der Waals surface area contributed by atoms with Gasteiger partial charge in [-0.3, -0.25) is 4.79 Å². The maximum Gasteiger partial charge on any atom is 0.221 e. The highest BCUT2D eigenvalue weighted by Gasteiger charge is 2.00. The van der Waals surface area contributed by atoms with Gasteiger partial charge in [-0.1, -0.05) is 37.8 Å². The van der Waals surface area contributed by atoms with Gasteiger partial charge in [-0.25, -0.2) is 0 Å². The fourth-order valence-corrected chi connectivity index (χ4v) is 2.17. The molecule has 3 nitrogen and oxygen atoms in total. The van der Waals surface area contributed by atoms with Gasteiger partial charge in [-0.05, 0) is 30.5 Å². The van der Waals surface area contributed by atoms with Crippen LogP contribution in [0.25, 0.3) is 0 Å². The van der Waals surface area contributed by atoms with Crippen molar-refractivity contribution in [1.82, 2.24) is 0 Å². The van der Waals surface area contributed by atoms with Crippen molar-refractivity contribution in [3.05, 3.63) is 29.8 Å². The molecule has 1 amide bonds. The molecule has 21 heavy (non-hydrogen) atoms. The average Bonchev–Trinajstić information content (AvgIpc) is 2.45. The zero-order valence-corrected chi connectivity index (χ0v) is 12.6. The summed E-state index contributed by atoms with van der Waals surface area (Å²) in [6.45, 7) is 0.713. The first-order valence-electron chi connectivity index (χ1n) is 7.66. The van der Waals surface area contributed by atoms with E-state index in [1.807, 2.05) is 24.3 Å². The first-order chi connectivity index (χ1) is 10.2. The van der Waals surface area contributed by atoms with E-state index in [1.165, 1.54) is 25.7 Å². The highest BCUT2D eigenvalue weighted by Crippen LogP contribution is 2.14. The number of primary amides is 1. The summed E-state index contributed by atoms with van der Waals surface area (Å²) in [6.07, 6.45) is 13.4. The standard InChI is InChI=1S/C18H25NO2/c1-2-3-4-5-6-7-8-9-13-21-17-12-10-11-16(14-17)15-18(19)20/h1,10-12,14H,3-9,13,15H2,(H2,19,20). The van der Waals surface area contributed by atoms with Gasteiger partial charge in [-0.2, -0.15) is 0 Å². The predicted molar refractivity (Wildman–Crippen MR) is 86.0 cm³/mol. The smallest absolute Gasteiger partial charge is 0.221 e. The Balaban J connectivity index is 2.10. The molecular formula is C18H25NO2. The number of unbranched alkanes of at least 4 members (excludes halogenated alkanes) is 6. The van der Waals surface area contributed by atoms with Crippen LogP contribution in [0.5, 0.6) is 5.75 Å². The molecule has 0 aliphatic carbocycles. The molecule has 0 fully saturated rings. The van der Waals surface area contributed by atoms with Crippen molar-refractivity contribution < 1.29 is 9.53 Å². The normalized spacial score (nSPS) is 10.0. The number of ether oxygens (including phenoxy) is 1. The monoisotopic (exact) mass is 287 g/mol. The van der Waals surface area contributed by atoms with Crippen LogP contribution in [-0.4, -0.2) is 12.5 Å². The molecule has 1 rings (SSSR count). The number of benzene rings is 1. The lowest BCUT2D eigenvalue weighted by atomic mass is 10.1. The second-order valence-corrected chi connectivity index (χ2v) is 5.21. The fourth-order valence-electron chi connectivity index (χ4n) is 2.17. The Kier molecular flexibility index (Phi) is 8.79. The third-order valence-corrected chi connectivity index (χ3v) is 3.26. The summed E-state index contributed by atoms with van der Waals surface area (Å²) in [5, 5.41) is 0. The van der Waals surface area contributed by atoms with Crippen LogP contribution < -0.4 is 10.5 Å². The number of hydrogen-bond donors (Lipinski definition) is 1. The molecular weight excluding hydrogens is 262 g/mol. The first kappa shape index (κ1) is 17.1. The minimum Gasteiger partial charge on any atom is -0.494 e. The van der Waals surface area contributed by atoms with Crippen LogP contribution in [0.2, 0.25) is 0 Å². The maximum atomic E-state index is 10.9. The molecule has 1 aromatic rings. The van der Waals surface area contributed by atoms with Gasteiger partial charge >= 0.3 is 0 Å². The van der Waals surface area contributed by atoms with Gasteiger partial charge in [0.1, 0.15) is 5.75 Å². The fraction of sp³-hybridized carbons (Fsp3) is 0.500. The summed E-state index contributed by atoms with van der Waals surface area (Å²) in [5.41, 5.74) is 6.08. The molecule has 0 aromatic heterocycles. The Labute approximate surface area is 127 Å². The van der Waals surface area contributed by atoms with E-state index >= 15 is 0 Å².